The van der Waals surface area contributed by atoms with Crippen molar-refractivity contribution >= 4 is 0 Å². The van der Waals surface area contributed by atoms with Crippen LogP contribution in [0.2, 0.25) is 0 Å². The van der Waals surface area contributed by atoms with E-state index in [9.17, 15) is 0 Å². The van der Waals surface area contributed by atoms with Crippen LogP contribution in [0.15, 0.2) is 6.08 Å². The van der Waals surface area contributed by atoms with E-state index in [2.05, 4.69) is 6.08 Å². The first-order chi connectivity index (χ1) is 5.43. The average molecular weight is 162 g/mol. The number of allylic oxidation sites excluding steroid dienone is 1. The molecule has 1 saturated heterocycles. The molecule has 1 rings (SSSR count). The Bertz CT molecular complexity index is 120. The summed E-state index contributed by atoms with van der Waals surface area (Å²) in [5.41, 5.74) is 0. The fraction of sp³-hybridized carbons (Fsp3) is 0.778. The van der Waals surface area contributed by atoms with E-state index in [4.69, 9.17) is 9.47 Å². The smallest absolute Gasteiger partial charge is 0.502 e. The Kier molecular flexibility index (Phi) is 8.05. The minimum absolute atomic E-state index is 0. The van der Waals surface area contributed by atoms with Crippen molar-refractivity contribution in [2.45, 2.75) is 32.5 Å². The topological polar surface area (TPSA) is 18.5 Å². The molecule has 1 fully saturated rings. The van der Waals surface area contributed by atoms with Gasteiger partial charge in [-0.3, -0.25) is 0 Å². The Labute approximate surface area is 86.5 Å². The van der Waals surface area contributed by atoms with Crippen molar-refractivity contribution in [2.75, 3.05) is 13.2 Å². The van der Waals surface area contributed by atoms with E-state index in [0.29, 0.717) is 6.61 Å². The molecule has 0 amide bonds. The molecule has 0 aliphatic carbocycles. The Hall–Kier alpha value is 0.257. The molecule has 0 saturated carbocycles. The molecule has 0 aromatic rings. The first-order valence-corrected chi connectivity index (χ1v) is 4.15. The molecule has 1 unspecified atom stereocenters. The predicted molar refractivity (Wildman–Crippen MR) is 43.0 cm³/mol. The summed E-state index contributed by atoms with van der Waals surface area (Å²) < 4.78 is 10.7. The first-order valence-electron chi connectivity index (χ1n) is 4.15. The van der Waals surface area contributed by atoms with Crippen molar-refractivity contribution in [3.63, 3.8) is 0 Å². The van der Waals surface area contributed by atoms with E-state index in [1.807, 2.05) is 13.0 Å². The fourth-order valence-corrected chi connectivity index (χ4v) is 1.08. The third-order valence-corrected chi connectivity index (χ3v) is 1.71. The molecule has 1 aliphatic rings. The molecule has 1 heterocycles. The van der Waals surface area contributed by atoms with Gasteiger partial charge < -0.3 is 15.5 Å². The molecule has 0 spiro atoms. The van der Waals surface area contributed by atoms with Crippen molar-refractivity contribution in [2.24, 2.45) is 0 Å². The van der Waals surface area contributed by atoms with Crippen LogP contribution in [-0.4, -0.2) is 19.5 Å². The van der Waals surface area contributed by atoms with E-state index in [0.717, 1.165) is 13.0 Å². The van der Waals surface area contributed by atoms with E-state index in [1.54, 1.807) is 0 Å². The van der Waals surface area contributed by atoms with Gasteiger partial charge in [0, 0.05) is 13.2 Å². The molecule has 1 atom stereocenters. The van der Waals surface area contributed by atoms with Crippen LogP contribution in [0.3, 0.4) is 0 Å². The second-order valence-electron chi connectivity index (χ2n) is 2.62. The minimum Gasteiger partial charge on any atom is -0.502 e. The second kappa shape index (κ2) is 7.88. The first kappa shape index (κ1) is 12.3. The van der Waals surface area contributed by atoms with E-state index >= 15 is 0 Å². The monoisotopic (exact) mass is 162 g/mol. The van der Waals surface area contributed by atoms with Crippen LogP contribution < -0.4 is 18.9 Å². The quantitative estimate of drug-likeness (QED) is 0.388. The van der Waals surface area contributed by atoms with Crippen LogP contribution in [0.25, 0.3) is 0 Å². The zero-order chi connectivity index (χ0) is 7.94. The molecule has 0 bridgehead atoms. The van der Waals surface area contributed by atoms with Crippen LogP contribution in [0.4, 0.5) is 0 Å². The van der Waals surface area contributed by atoms with E-state index in [1.165, 1.54) is 12.8 Å². The minimum atomic E-state index is 0. The number of hydrogen-bond donors (Lipinski definition) is 0. The van der Waals surface area contributed by atoms with Gasteiger partial charge >= 0.3 is 18.9 Å². The Morgan fingerprint density at radius 1 is 1.58 bits per heavy atom. The molecule has 0 radical (unpaired) electrons. The number of rotatable bonds is 3. The molecular weight excluding hydrogens is 147 g/mol. The average Bonchev–Trinajstić information content (AvgIpc) is 2.07. The van der Waals surface area contributed by atoms with Crippen LogP contribution in [0.5, 0.6) is 0 Å². The maximum atomic E-state index is 5.38. The van der Waals surface area contributed by atoms with Crippen LogP contribution in [0.1, 0.15) is 26.2 Å². The SMILES string of the molecule is C[C-]=CCOC1CCCCO1.[Li+]. The van der Waals surface area contributed by atoms with Gasteiger partial charge in [0.05, 0.1) is 0 Å². The van der Waals surface area contributed by atoms with E-state index in [-0.39, 0.29) is 25.2 Å². The maximum Gasteiger partial charge on any atom is 1.00 e. The third kappa shape index (κ3) is 5.00. The largest absolute Gasteiger partial charge is 1.00 e. The van der Waals surface area contributed by atoms with Gasteiger partial charge in [0.25, 0.3) is 0 Å². The zero-order valence-corrected chi connectivity index (χ0v) is 8.01. The molecule has 0 aromatic heterocycles. The van der Waals surface area contributed by atoms with Crippen molar-refractivity contribution in [1.82, 2.24) is 0 Å². The predicted octanol–water partition coefficient (Wildman–Crippen LogP) is -1.09. The fourth-order valence-electron chi connectivity index (χ4n) is 1.08. The van der Waals surface area contributed by atoms with Crippen molar-refractivity contribution in [3.05, 3.63) is 12.2 Å². The Morgan fingerprint density at radius 2 is 2.42 bits per heavy atom. The summed E-state index contributed by atoms with van der Waals surface area (Å²) in [6.07, 6.45) is 8.25. The van der Waals surface area contributed by atoms with E-state index < -0.39 is 0 Å². The van der Waals surface area contributed by atoms with Crippen LogP contribution in [0, 0.1) is 6.08 Å². The van der Waals surface area contributed by atoms with Crippen molar-refractivity contribution in [1.29, 1.82) is 0 Å². The summed E-state index contributed by atoms with van der Waals surface area (Å²) in [5.74, 6) is 0. The molecule has 1 aliphatic heterocycles. The van der Waals surface area contributed by atoms with Gasteiger partial charge in [0.1, 0.15) is 0 Å². The molecular formula is C9H15LiO2. The summed E-state index contributed by atoms with van der Waals surface area (Å²) in [6, 6.07) is 0. The number of ether oxygens (including phenoxy) is 2. The third-order valence-electron chi connectivity index (χ3n) is 1.71. The molecule has 0 aromatic carbocycles. The van der Waals surface area contributed by atoms with Crippen molar-refractivity contribution < 1.29 is 28.3 Å². The molecule has 64 valence electrons. The summed E-state index contributed by atoms with van der Waals surface area (Å²) in [6.45, 7) is 3.34. The Balaban J connectivity index is 0.00000121. The zero-order valence-electron chi connectivity index (χ0n) is 8.01. The van der Waals surface area contributed by atoms with Gasteiger partial charge in [0.15, 0.2) is 6.29 Å². The van der Waals surface area contributed by atoms with Gasteiger partial charge in [-0.1, -0.05) is 0 Å². The molecule has 0 N–H and O–H groups in total. The molecule has 2 nitrogen and oxygen atoms in total. The normalized spacial score (nSPS) is 23.9. The summed E-state index contributed by atoms with van der Waals surface area (Å²) >= 11 is 0. The number of hydrogen-bond acceptors (Lipinski definition) is 2. The van der Waals surface area contributed by atoms with Gasteiger partial charge in [-0.15, -0.1) is 0 Å². The van der Waals surface area contributed by atoms with Gasteiger partial charge in [-0.25, -0.2) is 6.08 Å². The second-order valence-corrected chi connectivity index (χ2v) is 2.62. The standard InChI is InChI=1S/C9H15O2.Li/c1-2-3-7-10-9-6-4-5-8-11-9;/h3,9H,4-8H2,1H3;/q-1;+1. The van der Waals surface area contributed by atoms with Gasteiger partial charge in [-0.05, 0) is 19.3 Å². The van der Waals surface area contributed by atoms with Gasteiger partial charge in [0.2, 0.25) is 0 Å². The summed E-state index contributed by atoms with van der Waals surface area (Å²) in [4.78, 5) is 0. The van der Waals surface area contributed by atoms with Crippen molar-refractivity contribution in [3.8, 4) is 0 Å². The Morgan fingerprint density at radius 3 is 3.00 bits per heavy atom. The summed E-state index contributed by atoms with van der Waals surface area (Å²) in [7, 11) is 0. The molecule has 3 heteroatoms. The van der Waals surface area contributed by atoms with Crippen LogP contribution in [-0.2, 0) is 9.47 Å². The van der Waals surface area contributed by atoms with Gasteiger partial charge in [-0.2, -0.15) is 6.92 Å². The molecule has 12 heavy (non-hydrogen) atoms. The summed E-state index contributed by atoms with van der Waals surface area (Å²) in [5, 5.41) is 0. The maximum absolute atomic E-state index is 5.38. The van der Waals surface area contributed by atoms with Crippen LogP contribution >= 0.6 is 0 Å².